The number of hydrogen-bond acceptors (Lipinski definition) is 5. The van der Waals surface area contributed by atoms with E-state index in [1.54, 1.807) is 40.0 Å². The molecule has 0 aliphatic carbocycles. The van der Waals surface area contributed by atoms with Crippen LogP contribution in [0, 0.1) is 6.92 Å². The Balaban J connectivity index is 0.000000303. The normalized spacial score (nSPS) is 12.3. The number of Topliss-reactive ketones (excluding diaryl/α,β-unsaturated/α-hetero) is 3. The maximum Gasteiger partial charge on any atom is 0.159 e. The molecule has 0 heterocycles. The van der Waals surface area contributed by atoms with Gasteiger partial charge in [-0.05, 0) is 65.8 Å². The van der Waals surface area contributed by atoms with Gasteiger partial charge in [-0.3, -0.25) is 14.4 Å². The maximum absolute atomic E-state index is 11.2. The lowest BCUT2D eigenvalue weighted by Gasteiger charge is -2.12. The van der Waals surface area contributed by atoms with E-state index in [-0.39, 0.29) is 29.4 Å². The van der Waals surface area contributed by atoms with Gasteiger partial charge in [-0.25, -0.2) is 0 Å². The topological polar surface area (TPSA) is 75.3 Å². The molecule has 0 aliphatic heterocycles. The van der Waals surface area contributed by atoms with Crippen molar-refractivity contribution in [3.8, 4) is 0 Å². The van der Waals surface area contributed by atoms with E-state index in [4.69, 9.17) is 0 Å². The number of carbonyl (C=O) groups is 3. The summed E-state index contributed by atoms with van der Waals surface area (Å²) in [7, 11) is 3.59. The summed E-state index contributed by atoms with van der Waals surface area (Å²) in [6, 6.07) is 15.5. The van der Waals surface area contributed by atoms with Gasteiger partial charge in [0.15, 0.2) is 5.78 Å². The molecule has 0 aromatic heterocycles. The van der Waals surface area contributed by atoms with E-state index >= 15 is 0 Å². The molecule has 0 saturated carbocycles. The van der Waals surface area contributed by atoms with E-state index in [9.17, 15) is 14.4 Å². The molecule has 2 atom stereocenters. The van der Waals surface area contributed by atoms with Crippen molar-refractivity contribution >= 4 is 17.3 Å². The van der Waals surface area contributed by atoms with E-state index in [0.717, 1.165) is 12.0 Å². The molecule has 2 N–H and O–H groups in total. The van der Waals surface area contributed by atoms with Gasteiger partial charge >= 0.3 is 0 Å². The molecule has 30 heavy (non-hydrogen) atoms. The summed E-state index contributed by atoms with van der Waals surface area (Å²) in [5.41, 5.74) is 4.20. The Morgan fingerprint density at radius 3 is 1.37 bits per heavy atom. The number of nitrogens with one attached hydrogen (secondary N) is 2. The molecule has 5 heteroatoms. The molecule has 5 nitrogen and oxygen atoms in total. The summed E-state index contributed by atoms with van der Waals surface area (Å²) in [5.74, 6) is 0.370. The molecule has 0 bridgehead atoms. The average molecular weight is 411 g/mol. The highest BCUT2D eigenvalue weighted by Gasteiger charge is 2.12. The van der Waals surface area contributed by atoms with Crippen molar-refractivity contribution in [3.05, 3.63) is 70.8 Å². The molecule has 2 unspecified atom stereocenters. The molecule has 2 aromatic rings. The first-order chi connectivity index (χ1) is 14.2. The predicted octanol–water partition coefficient (Wildman–Crippen LogP) is 3.32. The molecule has 0 radical (unpaired) electrons. The first-order valence-corrected chi connectivity index (χ1v) is 10.2. The lowest BCUT2D eigenvalue weighted by Crippen LogP contribution is -2.34. The van der Waals surface area contributed by atoms with Crippen molar-refractivity contribution in [3.63, 3.8) is 0 Å². The fraction of sp³-hybridized carbons (Fsp3) is 0.400. The van der Waals surface area contributed by atoms with Crippen molar-refractivity contribution in [1.82, 2.24) is 10.6 Å². The standard InChI is InChI=1S/C13H17NO2.C12H17NO/c1-9(15)12-6-4-11(5-7-12)8-13(14-3)10(2)16;1-9-4-6-11(7-5-9)8-12(13-3)10(2)14/h4-7,13-14H,8H2,1-3H3;4-7,12-13H,8H2,1-3H3. The molecule has 2 rings (SSSR count). The Kier molecular flexibility index (Phi) is 10.9. The molecule has 0 saturated heterocycles. The molecule has 0 aliphatic rings. The predicted molar refractivity (Wildman–Crippen MR) is 122 cm³/mol. The second kappa shape index (κ2) is 12.8. The van der Waals surface area contributed by atoms with Gasteiger partial charge in [0.25, 0.3) is 0 Å². The first kappa shape index (κ1) is 25.4. The molecular formula is C25H34N2O3. The Hall–Kier alpha value is -2.63. The number of benzene rings is 2. The highest BCUT2D eigenvalue weighted by atomic mass is 16.1. The number of carbonyl (C=O) groups excluding carboxylic acids is 3. The van der Waals surface area contributed by atoms with Crippen LogP contribution in [-0.2, 0) is 22.4 Å². The van der Waals surface area contributed by atoms with Crippen LogP contribution in [0.3, 0.4) is 0 Å². The number of ketones is 3. The molecule has 162 valence electrons. The Morgan fingerprint density at radius 2 is 1.07 bits per heavy atom. The van der Waals surface area contributed by atoms with Crippen molar-refractivity contribution in [2.75, 3.05) is 14.1 Å². The van der Waals surface area contributed by atoms with Crippen LogP contribution in [-0.4, -0.2) is 43.5 Å². The zero-order valence-corrected chi connectivity index (χ0v) is 18.9. The van der Waals surface area contributed by atoms with Crippen molar-refractivity contribution in [1.29, 1.82) is 0 Å². The molecule has 0 spiro atoms. The second-order valence-corrected chi connectivity index (χ2v) is 7.55. The minimum Gasteiger partial charge on any atom is -0.310 e. The third-order valence-corrected chi connectivity index (χ3v) is 5.04. The van der Waals surface area contributed by atoms with Crippen LogP contribution in [0.5, 0.6) is 0 Å². The summed E-state index contributed by atoms with van der Waals surface area (Å²) in [5, 5.41) is 5.99. The van der Waals surface area contributed by atoms with Crippen molar-refractivity contribution < 1.29 is 14.4 Å². The van der Waals surface area contributed by atoms with E-state index in [1.165, 1.54) is 11.1 Å². The van der Waals surface area contributed by atoms with Crippen molar-refractivity contribution in [2.45, 2.75) is 52.6 Å². The minimum atomic E-state index is -0.150. The van der Waals surface area contributed by atoms with Crippen LogP contribution in [0.2, 0.25) is 0 Å². The van der Waals surface area contributed by atoms with Gasteiger partial charge < -0.3 is 10.6 Å². The Labute approximate surface area is 180 Å². The van der Waals surface area contributed by atoms with E-state index in [1.807, 2.05) is 19.2 Å². The highest BCUT2D eigenvalue weighted by molar-refractivity contribution is 5.94. The van der Waals surface area contributed by atoms with Crippen LogP contribution in [0.1, 0.15) is 47.8 Å². The smallest absolute Gasteiger partial charge is 0.159 e. The van der Waals surface area contributed by atoms with Crippen molar-refractivity contribution in [2.24, 2.45) is 0 Å². The molecule has 2 aromatic carbocycles. The first-order valence-electron chi connectivity index (χ1n) is 10.2. The Morgan fingerprint density at radius 1 is 0.700 bits per heavy atom. The summed E-state index contributed by atoms with van der Waals surface area (Å²) in [6.07, 6.45) is 1.43. The molecular weight excluding hydrogens is 376 g/mol. The largest absolute Gasteiger partial charge is 0.310 e. The quantitative estimate of drug-likeness (QED) is 0.620. The van der Waals surface area contributed by atoms with Gasteiger partial charge in [0.2, 0.25) is 0 Å². The SMILES string of the molecule is CNC(Cc1ccc(C(C)=O)cc1)C(C)=O.CNC(Cc1ccc(C)cc1)C(C)=O. The summed E-state index contributed by atoms with van der Waals surface area (Å²) in [6.45, 7) is 6.80. The van der Waals surface area contributed by atoms with E-state index in [2.05, 4.69) is 41.8 Å². The summed E-state index contributed by atoms with van der Waals surface area (Å²) >= 11 is 0. The zero-order chi connectivity index (χ0) is 22.7. The van der Waals surface area contributed by atoms with Crippen LogP contribution in [0.4, 0.5) is 0 Å². The lowest BCUT2D eigenvalue weighted by atomic mass is 10.0. The summed E-state index contributed by atoms with van der Waals surface area (Å²) < 4.78 is 0. The fourth-order valence-electron chi connectivity index (χ4n) is 2.97. The Bertz CT molecular complexity index is 826. The number of rotatable bonds is 9. The van der Waals surface area contributed by atoms with Gasteiger partial charge in [0.05, 0.1) is 12.1 Å². The fourth-order valence-corrected chi connectivity index (χ4v) is 2.97. The highest BCUT2D eigenvalue weighted by Crippen LogP contribution is 2.08. The van der Waals surface area contributed by atoms with Crippen LogP contribution < -0.4 is 10.6 Å². The summed E-state index contributed by atoms with van der Waals surface area (Å²) in [4.78, 5) is 33.5. The molecule has 0 amide bonds. The van der Waals surface area contributed by atoms with E-state index < -0.39 is 0 Å². The number of aryl methyl sites for hydroxylation is 1. The van der Waals surface area contributed by atoms with Gasteiger partial charge in [-0.15, -0.1) is 0 Å². The van der Waals surface area contributed by atoms with Gasteiger partial charge in [0.1, 0.15) is 11.6 Å². The average Bonchev–Trinajstić information content (AvgIpc) is 2.71. The van der Waals surface area contributed by atoms with Gasteiger partial charge in [-0.1, -0.05) is 54.1 Å². The zero-order valence-electron chi connectivity index (χ0n) is 18.9. The minimum absolute atomic E-state index is 0.0577. The second-order valence-electron chi connectivity index (χ2n) is 7.55. The monoisotopic (exact) mass is 410 g/mol. The molecule has 0 fully saturated rings. The maximum atomic E-state index is 11.2. The number of hydrogen-bond donors (Lipinski definition) is 2. The van der Waals surface area contributed by atoms with Crippen LogP contribution in [0.15, 0.2) is 48.5 Å². The number of likely N-dealkylation sites (N-methyl/N-ethyl adjacent to an activating group) is 2. The van der Waals surface area contributed by atoms with Crippen LogP contribution >= 0.6 is 0 Å². The third-order valence-electron chi connectivity index (χ3n) is 5.04. The van der Waals surface area contributed by atoms with Crippen LogP contribution in [0.25, 0.3) is 0 Å². The van der Waals surface area contributed by atoms with Gasteiger partial charge in [-0.2, -0.15) is 0 Å². The third kappa shape index (κ3) is 8.80. The lowest BCUT2D eigenvalue weighted by molar-refractivity contribution is -0.119. The van der Waals surface area contributed by atoms with E-state index in [0.29, 0.717) is 12.0 Å². The van der Waals surface area contributed by atoms with Gasteiger partial charge in [0, 0.05) is 5.56 Å².